The molecule has 3 aromatic rings. The topological polar surface area (TPSA) is 177 Å². The SMILES string of the molecule is CC(C)(C)C(=O)Nc1ccc(C(=O)NNC(=O)[C@H](OC(=O)c2ccc(Cl)cc2)[C@@H](OC(=O)c2ccc(Cl)cc2)C(=O)O)cc1. The normalized spacial score (nSPS) is 12.2. The number of amides is 3. The number of benzene rings is 3. The standard InChI is InChI=1S/C30H27Cl2N3O9/c1-30(2,3)29(42)33-21-14-8-16(9-15-21)24(36)34-35-25(37)22(43-27(40)17-4-10-19(31)11-5-17)23(26(38)39)44-28(41)18-6-12-20(32)13-7-18/h4-15,22-23H,1-3H3,(H,33,42)(H,34,36)(H,35,37)(H,38,39)/t22-,23-/m1/s1. The average molecular weight is 644 g/mol. The number of anilines is 1. The van der Waals surface area contributed by atoms with Crippen LogP contribution < -0.4 is 16.2 Å². The van der Waals surface area contributed by atoms with E-state index < -0.39 is 47.3 Å². The quantitative estimate of drug-likeness (QED) is 0.196. The fraction of sp³-hybridized carbons (Fsp3) is 0.200. The Labute approximate surface area is 261 Å². The summed E-state index contributed by atoms with van der Waals surface area (Å²) in [6.45, 7) is 5.21. The molecule has 0 aliphatic carbocycles. The number of carboxylic acid groups (broad SMARTS) is 1. The van der Waals surface area contributed by atoms with Gasteiger partial charge in [-0.15, -0.1) is 0 Å². The monoisotopic (exact) mass is 643 g/mol. The molecule has 2 atom stereocenters. The van der Waals surface area contributed by atoms with Crippen molar-refractivity contribution in [2.45, 2.75) is 33.0 Å². The van der Waals surface area contributed by atoms with Crippen molar-refractivity contribution in [1.82, 2.24) is 10.9 Å². The zero-order chi connectivity index (χ0) is 32.6. The first kappa shape index (κ1) is 33.6. The van der Waals surface area contributed by atoms with E-state index in [1.165, 1.54) is 72.8 Å². The summed E-state index contributed by atoms with van der Waals surface area (Å²) in [5, 5.41) is 13.1. The van der Waals surface area contributed by atoms with Crippen molar-refractivity contribution < 1.29 is 43.3 Å². The van der Waals surface area contributed by atoms with Gasteiger partial charge in [-0.05, 0) is 72.8 Å². The molecule has 12 nitrogen and oxygen atoms in total. The van der Waals surface area contributed by atoms with Gasteiger partial charge < -0.3 is 19.9 Å². The van der Waals surface area contributed by atoms with Crippen LogP contribution in [0.4, 0.5) is 5.69 Å². The highest BCUT2D eigenvalue weighted by atomic mass is 35.5. The Morgan fingerprint density at radius 3 is 1.52 bits per heavy atom. The molecule has 230 valence electrons. The Morgan fingerprint density at radius 1 is 0.659 bits per heavy atom. The molecule has 44 heavy (non-hydrogen) atoms. The van der Waals surface area contributed by atoms with E-state index in [4.69, 9.17) is 32.7 Å². The van der Waals surface area contributed by atoms with E-state index in [1.54, 1.807) is 20.8 Å². The summed E-state index contributed by atoms with van der Waals surface area (Å²) in [7, 11) is 0. The average Bonchev–Trinajstić information content (AvgIpc) is 2.97. The molecule has 0 aromatic heterocycles. The third-order valence-electron chi connectivity index (χ3n) is 5.79. The van der Waals surface area contributed by atoms with E-state index in [-0.39, 0.29) is 22.6 Å². The highest BCUT2D eigenvalue weighted by Gasteiger charge is 2.41. The molecule has 4 N–H and O–H groups in total. The number of esters is 2. The molecule has 3 rings (SSSR count). The Morgan fingerprint density at radius 2 is 1.09 bits per heavy atom. The first-order valence-electron chi connectivity index (χ1n) is 12.8. The number of hydrazine groups is 1. The smallest absolute Gasteiger partial charge is 0.349 e. The minimum absolute atomic E-state index is 0.0534. The summed E-state index contributed by atoms with van der Waals surface area (Å²) in [4.78, 5) is 75.6. The van der Waals surface area contributed by atoms with Gasteiger partial charge in [0, 0.05) is 26.7 Å². The van der Waals surface area contributed by atoms with Crippen LogP contribution in [0.25, 0.3) is 0 Å². The van der Waals surface area contributed by atoms with Gasteiger partial charge in [0.05, 0.1) is 11.1 Å². The molecule has 3 aromatic carbocycles. The summed E-state index contributed by atoms with van der Waals surface area (Å²) in [6.07, 6.45) is -4.60. The number of carbonyl (C=O) groups is 6. The summed E-state index contributed by atoms with van der Waals surface area (Å²) in [5.74, 6) is -6.53. The van der Waals surface area contributed by atoms with E-state index >= 15 is 0 Å². The molecule has 0 radical (unpaired) electrons. The second-order valence-corrected chi connectivity index (χ2v) is 11.1. The van der Waals surface area contributed by atoms with Crippen LogP contribution in [-0.4, -0.2) is 52.9 Å². The second-order valence-electron chi connectivity index (χ2n) is 10.2. The molecule has 0 aliphatic rings. The molecule has 0 aliphatic heterocycles. The number of hydrogen-bond acceptors (Lipinski definition) is 8. The lowest BCUT2D eigenvalue weighted by Crippen LogP contribution is -2.54. The van der Waals surface area contributed by atoms with Gasteiger partial charge in [0.2, 0.25) is 18.1 Å². The van der Waals surface area contributed by atoms with Gasteiger partial charge in [-0.25, -0.2) is 14.4 Å². The van der Waals surface area contributed by atoms with Gasteiger partial charge in [-0.2, -0.15) is 0 Å². The van der Waals surface area contributed by atoms with Gasteiger partial charge in [0.25, 0.3) is 11.8 Å². The second kappa shape index (κ2) is 14.5. The molecule has 0 saturated carbocycles. The third kappa shape index (κ3) is 9.28. The van der Waals surface area contributed by atoms with Crippen LogP contribution in [0, 0.1) is 5.41 Å². The van der Waals surface area contributed by atoms with E-state index in [1.807, 2.05) is 5.43 Å². The van der Waals surface area contributed by atoms with Gasteiger partial charge in [-0.1, -0.05) is 44.0 Å². The van der Waals surface area contributed by atoms with Crippen LogP contribution in [0.3, 0.4) is 0 Å². The summed E-state index contributed by atoms with van der Waals surface area (Å²) in [5.41, 5.74) is 3.71. The Kier molecular flexibility index (Phi) is 11.1. The molecule has 0 fully saturated rings. The van der Waals surface area contributed by atoms with Crippen LogP contribution in [0.15, 0.2) is 72.8 Å². The van der Waals surface area contributed by atoms with Crippen LogP contribution >= 0.6 is 23.2 Å². The van der Waals surface area contributed by atoms with Gasteiger partial charge >= 0.3 is 17.9 Å². The van der Waals surface area contributed by atoms with Gasteiger partial charge in [0.15, 0.2) is 0 Å². The van der Waals surface area contributed by atoms with Crippen LogP contribution in [0.1, 0.15) is 51.8 Å². The zero-order valence-electron chi connectivity index (χ0n) is 23.6. The Hall–Kier alpha value is -4.94. The molecule has 0 bridgehead atoms. The lowest BCUT2D eigenvalue weighted by atomic mass is 9.95. The first-order chi connectivity index (χ1) is 20.6. The number of aliphatic carboxylic acids is 1. The van der Waals surface area contributed by atoms with E-state index in [0.29, 0.717) is 15.7 Å². The fourth-order valence-electron chi connectivity index (χ4n) is 3.32. The van der Waals surface area contributed by atoms with Gasteiger partial charge in [0.1, 0.15) is 0 Å². The van der Waals surface area contributed by atoms with Crippen molar-refractivity contribution in [2.24, 2.45) is 5.41 Å². The maximum absolute atomic E-state index is 13.1. The van der Waals surface area contributed by atoms with Crippen molar-refractivity contribution in [3.8, 4) is 0 Å². The molecule has 0 unspecified atom stereocenters. The lowest BCUT2D eigenvalue weighted by molar-refractivity contribution is -0.159. The number of hydrogen-bond donors (Lipinski definition) is 4. The van der Waals surface area contributed by atoms with Crippen LogP contribution in [0.5, 0.6) is 0 Å². The number of rotatable bonds is 9. The highest BCUT2D eigenvalue weighted by molar-refractivity contribution is 6.31. The van der Waals surface area contributed by atoms with E-state index in [9.17, 15) is 33.9 Å². The van der Waals surface area contributed by atoms with Crippen LogP contribution in [0.2, 0.25) is 10.0 Å². The number of carboxylic acids is 1. The van der Waals surface area contributed by atoms with Crippen molar-refractivity contribution in [3.05, 3.63) is 99.5 Å². The zero-order valence-corrected chi connectivity index (χ0v) is 25.1. The summed E-state index contributed by atoms with van der Waals surface area (Å²) in [6, 6.07) is 16.2. The molecule has 0 saturated heterocycles. The highest BCUT2D eigenvalue weighted by Crippen LogP contribution is 2.19. The molecule has 0 spiro atoms. The molecule has 0 heterocycles. The number of ether oxygens (including phenoxy) is 2. The number of halogens is 2. The van der Waals surface area contributed by atoms with Crippen molar-refractivity contribution >= 4 is 64.5 Å². The Bertz CT molecular complexity index is 1550. The maximum Gasteiger partial charge on any atom is 0.349 e. The predicted octanol–water partition coefficient (Wildman–Crippen LogP) is 4.27. The minimum Gasteiger partial charge on any atom is -0.478 e. The predicted molar refractivity (Wildman–Crippen MR) is 159 cm³/mol. The molecule has 3 amide bonds. The molecular weight excluding hydrogens is 617 g/mol. The first-order valence-corrected chi connectivity index (χ1v) is 13.6. The van der Waals surface area contributed by atoms with Crippen molar-refractivity contribution in [3.63, 3.8) is 0 Å². The van der Waals surface area contributed by atoms with Crippen molar-refractivity contribution in [1.29, 1.82) is 0 Å². The Balaban J connectivity index is 1.79. The van der Waals surface area contributed by atoms with E-state index in [2.05, 4.69) is 10.7 Å². The van der Waals surface area contributed by atoms with Gasteiger partial charge in [-0.3, -0.25) is 25.2 Å². The largest absolute Gasteiger partial charge is 0.478 e. The number of carbonyl (C=O) groups excluding carboxylic acids is 5. The number of nitrogens with one attached hydrogen (secondary N) is 3. The molecule has 14 heteroatoms. The van der Waals surface area contributed by atoms with E-state index in [0.717, 1.165) is 0 Å². The van der Waals surface area contributed by atoms with Crippen molar-refractivity contribution in [2.75, 3.05) is 5.32 Å². The maximum atomic E-state index is 13.1. The van der Waals surface area contributed by atoms with Crippen LogP contribution in [-0.2, 0) is 23.9 Å². The molecular formula is C30H27Cl2N3O9. The lowest BCUT2D eigenvalue weighted by Gasteiger charge is -2.23. The summed E-state index contributed by atoms with van der Waals surface area (Å²) >= 11 is 11.7. The summed E-state index contributed by atoms with van der Waals surface area (Å²) < 4.78 is 10.2. The third-order valence-corrected chi connectivity index (χ3v) is 6.29. The fourth-order valence-corrected chi connectivity index (χ4v) is 3.57. The minimum atomic E-state index is -2.34.